The minimum absolute atomic E-state index is 0.470. The third-order valence-corrected chi connectivity index (χ3v) is 3.14. The smallest absolute Gasteiger partial charge is 0.0495 e. The first-order chi connectivity index (χ1) is 7.40. The van der Waals surface area contributed by atoms with Gasteiger partial charge in [0.2, 0.25) is 0 Å². The van der Waals surface area contributed by atoms with Crippen molar-refractivity contribution in [1.29, 1.82) is 0 Å². The number of benzene rings is 1. The van der Waals surface area contributed by atoms with Crippen LogP contribution >= 0.6 is 0 Å². The molecule has 0 amide bonds. The molecule has 1 fully saturated rings. The lowest BCUT2D eigenvalue weighted by Crippen LogP contribution is -2.20. The van der Waals surface area contributed by atoms with E-state index >= 15 is 0 Å². The number of hydrogen-bond acceptors (Lipinski definition) is 2. The lowest BCUT2D eigenvalue weighted by molar-refractivity contribution is 0.181. The van der Waals surface area contributed by atoms with Crippen molar-refractivity contribution in [3.63, 3.8) is 0 Å². The van der Waals surface area contributed by atoms with Gasteiger partial charge < -0.3 is 10.1 Å². The second-order valence-corrected chi connectivity index (χ2v) is 4.22. The molecule has 1 N–H and O–H groups in total. The van der Waals surface area contributed by atoms with Gasteiger partial charge in [-0.2, -0.15) is 0 Å². The predicted octanol–water partition coefficient (Wildman–Crippen LogP) is 2.37. The van der Waals surface area contributed by atoms with E-state index in [-0.39, 0.29) is 0 Å². The van der Waals surface area contributed by atoms with Crippen LogP contribution < -0.4 is 5.32 Å². The molecule has 2 atom stereocenters. The Morgan fingerprint density at radius 2 is 2.20 bits per heavy atom. The Morgan fingerprint density at radius 1 is 1.40 bits per heavy atom. The fraction of sp³-hybridized carbons (Fsp3) is 0.538. The van der Waals surface area contributed by atoms with Crippen molar-refractivity contribution in [1.82, 2.24) is 5.32 Å². The zero-order chi connectivity index (χ0) is 10.5. The molecule has 1 heterocycles. The number of nitrogens with one attached hydrogen (secondary N) is 1. The first kappa shape index (κ1) is 10.7. The molecule has 15 heavy (non-hydrogen) atoms. The molecule has 1 saturated heterocycles. The third kappa shape index (κ3) is 2.80. The van der Waals surface area contributed by atoms with Crippen molar-refractivity contribution >= 4 is 0 Å². The highest BCUT2D eigenvalue weighted by Gasteiger charge is 2.20. The maximum absolute atomic E-state index is 5.41. The van der Waals surface area contributed by atoms with Crippen LogP contribution in [0.4, 0.5) is 0 Å². The lowest BCUT2D eigenvalue weighted by atomic mass is 9.94. The van der Waals surface area contributed by atoms with Crippen molar-refractivity contribution in [2.24, 2.45) is 5.92 Å². The second-order valence-electron chi connectivity index (χ2n) is 4.22. The van der Waals surface area contributed by atoms with Crippen molar-refractivity contribution in [2.45, 2.75) is 18.9 Å². The standard InChI is InChI=1S/C13H19NO/c1-14-13(9-11-7-8-15-10-11)12-5-3-2-4-6-12/h2-6,11,13-14H,7-10H2,1H3. The van der Waals surface area contributed by atoms with Crippen LogP contribution in [-0.2, 0) is 4.74 Å². The van der Waals surface area contributed by atoms with Crippen LogP contribution in [-0.4, -0.2) is 20.3 Å². The molecule has 0 aromatic heterocycles. The zero-order valence-electron chi connectivity index (χ0n) is 9.28. The van der Waals surface area contributed by atoms with Gasteiger partial charge in [-0.15, -0.1) is 0 Å². The molecule has 1 aliphatic rings. The van der Waals surface area contributed by atoms with Gasteiger partial charge in [0.05, 0.1) is 0 Å². The van der Waals surface area contributed by atoms with Crippen LogP contribution in [0.15, 0.2) is 30.3 Å². The van der Waals surface area contributed by atoms with Crippen molar-refractivity contribution < 1.29 is 4.74 Å². The Bertz CT molecular complexity index is 280. The highest BCUT2D eigenvalue weighted by molar-refractivity contribution is 5.18. The van der Waals surface area contributed by atoms with Crippen molar-refractivity contribution in [3.05, 3.63) is 35.9 Å². The molecule has 1 aliphatic heterocycles. The normalized spacial score (nSPS) is 22.9. The average molecular weight is 205 g/mol. The van der Waals surface area contributed by atoms with Gasteiger partial charge in [0, 0.05) is 19.3 Å². The highest BCUT2D eigenvalue weighted by atomic mass is 16.5. The number of rotatable bonds is 4. The molecule has 2 rings (SSSR count). The molecule has 2 heteroatoms. The van der Waals surface area contributed by atoms with E-state index in [1.807, 2.05) is 7.05 Å². The van der Waals surface area contributed by atoms with E-state index in [1.165, 1.54) is 18.4 Å². The van der Waals surface area contributed by atoms with Crippen molar-refractivity contribution in [3.8, 4) is 0 Å². The van der Waals surface area contributed by atoms with Crippen LogP contribution in [0.25, 0.3) is 0 Å². The van der Waals surface area contributed by atoms with Crippen molar-refractivity contribution in [2.75, 3.05) is 20.3 Å². The molecule has 2 nitrogen and oxygen atoms in total. The minimum Gasteiger partial charge on any atom is -0.381 e. The fourth-order valence-electron chi connectivity index (χ4n) is 2.21. The molecule has 0 spiro atoms. The summed E-state index contributed by atoms with van der Waals surface area (Å²) < 4.78 is 5.41. The topological polar surface area (TPSA) is 21.3 Å². The Kier molecular flexibility index (Phi) is 3.75. The predicted molar refractivity (Wildman–Crippen MR) is 61.8 cm³/mol. The van der Waals surface area contributed by atoms with E-state index in [0.717, 1.165) is 19.1 Å². The highest BCUT2D eigenvalue weighted by Crippen LogP contribution is 2.25. The van der Waals surface area contributed by atoms with Gasteiger partial charge in [-0.25, -0.2) is 0 Å². The summed E-state index contributed by atoms with van der Waals surface area (Å²) in [5.74, 6) is 0.725. The van der Waals surface area contributed by atoms with Crippen LogP contribution in [0.3, 0.4) is 0 Å². The molecule has 82 valence electrons. The lowest BCUT2D eigenvalue weighted by Gasteiger charge is -2.19. The van der Waals surface area contributed by atoms with Crippen LogP contribution in [0.1, 0.15) is 24.4 Å². The monoisotopic (exact) mass is 205 g/mol. The summed E-state index contributed by atoms with van der Waals surface area (Å²) in [5.41, 5.74) is 1.38. The molecule has 0 aliphatic carbocycles. The summed E-state index contributed by atoms with van der Waals surface area (Å²) in [5, 5.41) is 3.39. The summed E-state index contributed by atoms with van der Waals surface area (Å²) in [6.07, 6.45) is 2.39. The van der Waals surface area contributed by atoms with Gasteiger partial charge in [-0.05, 0) is 31.4 Å². The second kappa shape index (κ2) is 5.29. The Labute approximate surface area is 91.6 Å². The summed E-state index contributed by atoms with van der Waals surface area (Å²) in [7, 11) is 2.04. The van der Waals surface area contributed by atoms with Gasteiger partial charge >= 0.3 is 0 Å². The van der Waals surface area contributed by atoms with E-state index in [0.29, 0.717) is 6.04 Å². The van der Waals surface area contributed by atoms with Gasteiger partial charge in [0.25, 0.3) is 0 Å². The molecule has 2 unspecified atom stereocenters. The number of hydrogen-bond donors (Lipinski definition) is 1. The van der Waals surface area contributed by atoms with E-state index in [4.69, 9.17) is 4.74 Å². The summed E-state index contributed by atoms with van der Waals surface area (Å²) in [6.45, 7) is 1.88. The maximum atomic E-state index is 5.41. The molecular formula is C13H19NO. The number of ether oxygens (including phenoxy) is 1. The summed E-state index contributed by atoms with van der Waals surface area (Å²) >= 11 is 0. The zero-order valence-corrected chi connectivity index (χ0v) is 9.28. The van der Waals surface area contributed by atoms with Gasteiger partial charge in [0.1, 0.15) is 0 Å². The minimum atomic E-state index is 0.470. The van der Waals surface area contributed by atoms with E-state index in [9.17, 15) is 0 Å². The van der Waals surface area contributed by atoms with Crippen LogP contribution in [0, 0.1) is 5.92 Å². The van der Waals surface area contributed by atoms with Gasteiger partial charge in [-0.1, -0.05) is 30.3 Å². The van der Waals surface area contributed by atoms with Crippen LogP contribution in [0.5, 0.6) is 0 Å². The first-order valence-corrected chi connectivity index (χ1v) is 5.70. The van der Waals surface area contributed by atoms with Gasteiger partial charge in [0.15, 0.2) is 0 Å². The average Bonchev–Trinajstić information content (AvgIpc) is 2.80. The van der Waals surface area contributed by atoms with E-state index < -0.39 is 0 Å². The Morgan fingerprint density at radius 3 is 2.80 bits per heavy atom. The van der Waals surface area contributed by atoms with E-state index in [2.05, 4.69) is 35.6 Å². The molecule has 1 aromatic carbocycles. The molecular weight excluding hydrogens is 186 g/mol. The fourth-order valence-corrected chi connectivity index (χ4v) is 2.21. The SMILES string of the molecule is CNC(CC1CCOC1)c1ccccc1. The van der Waals surface area contributed by atoms with Gasteiger partial charge in [-0.3, -0.25) is 0 Å². The summed E-state index contributed by atoms with van der Waals surface area (Å²) in [6, 6.07) is 11.1. The molecule has 1 aromatic rings. The Balaban J connectivity index is 1.97. The maximum Gasteiger partial charge on any atom is 0.0495 e. The molecule has 0 bridgehead atoms. The quantitative estimate of drug-likeness (QED) is 0.815. The van der Waals surface area contributed by atoms with Crippen LogP contribution in [0.2, 0.25) is 0 Å². The first-order valence-electron chi connectivity index (χ1n) is 5.70. The summed E-state index contributed by atoms with van der Waals surface area (Å²) in [4.78, 5) is 0. The third-order valence-electron chi connectivity index (χ3n) is 3.14. The molecule has 0 radical (unpaired) electrons. The Hall–Kier alpha value is -0.860. The largest absolute Gasteiger partial charge is 0.381 e. The van der Waals surface area contributed by atoms with E-state index in [1.54, 1.807) is 0 Å². The molecule has 0 saturated carbocycles.